The van der Waals surface area contributed by atoms with Crippen LogP contribution in [0.4, 0.5) is 5.69 Å². The maximum Gasteiger partial charge on any atom is 0.280 e. The fraction of sp³-hybridized carbons (Fsp3) is 0. The fourth-order valence-electron chi connectivity index (χ4n) is 2.82. The lowest BCUT2D eigenvalue weighted by Crippen LogP contribution is -2.21. The Balaban J connectivity index is 1.87. The van der Waals surface area contributed by atoms with Crippen molar-refractivity contribution in [2.75, 3.05) is 0 Å². The monoisotopic (exact) mass is 339 g/mol. The highest BCUT2D eigenvalue weighted by atomic mass is 16.1. The molecule has 0 fully saturated rings. The molecule has 0 aliphatic carbocycles. The molecule has 1 aromatic heterocycles. The third-order valence-electron chi connectivity index (χ3n) is 4.09. The number of nitrogens with zero attached hydrogens (tertiary/aromatic N) is 2. The first-order valence-corrected chi connectivity index (χ1v) is 8.38. The second-order valence-corrected chi connectivity index (χ2v) is 5.83. The summed E-state index contributed by atoms with van der Waals surface area (Å²) in [7, 11) is 0. The highest BCUT2D eigenvalue weighted by Crippen LogP contribution is 2.16. The van der Waals surface area contributed by atoms with Gasteiger partial charge in [0.05, 0.1) is 22.6 Å². The van der Waals surface area contributed by atoms with E-state index in [9.17, 15) is 4.79 Å². The number of aliphatic imine (C=N–C) groups is 1. The summed E-state index contributed by atoms with van der Waals surface area (Å²) in [5, 5.41) is 3.05. The van der Waals surface area contributed by atoms with E-state index in [2.05, 4.69) is 5.10 Å². The highest BCUT2D eigenvalue weighted by Gasteiger charge is 2.15. The van der Waals surface area contributed by atoms with E-state index in [-0.39, 0.29) is 5.56 Å². The quantitative estimate of drug-likeness (QED) is 0.553. The van der Waals surface area contributed by atoms with Gasteiger partial charge >= 0.3 is 0 Å². The van der Waals surface area contributed by atoms with Gasteiger partial charge in [-0.2, -0.15) is 0 Å². The van der Waals surface area contributed by atoms with E-state index < -0.39 is 0 Å². The maximum atomic E-state index is 13.0. The summed E-state index contributed by atoms with van der Waals surface area (Å²) in [5.41, 5.74) is 3.54. The molecule has 1 N–H and O–H groups in total. The van der Waals surface area contributed by atoms with Gasteiger partial charge < -0.3 is 0 Å². The average molecular weight is 339 g/mol. The molecule has 0 saturated heterocycles. The molecule has 0 aliphatic rings. The predicted molar refractivity (Wildman–Crippen MR) is 105 cm³/mol. The highest BCUT2D eigenvalue weighted by molar-refractivity contribution is 6.13. The zero-order chi connectivity index (χ0) is 17.8. The SMILES string of the molecule is O=c1c(C(=Nc2ccccc2)c2ccccc2)c[nH]n1-c1ccccc1. The van der Waals surface area contributed by atoms with Crippen molar-refractivity contribution in [3.05, 3.63) is 119 Å². The Bertz CT molecular complexity index is 1080. The molecular formula is C22H17N3O. The minimum absolute atomic E-state index is 0.130. The van der Waals surface area contributed by atoms with E-state index in [1.807, 2.05) is 91.0 Å². The van der Waals surface area contributed by atoms with Gasteiger partial charge in [-0.1, -0.05) is 66.7 Å². The number of nitrogens with one attached hydrogen (secondary N) is 1. The molecule has 26 heavy (non-hydrogen) atoms. The summed E-state index contributed by atoms with van der Waals surface area (Å²) in [6.07, 6.45) is 1.71. The van der Waals surface area contributed by atoms with Crippen molar-refractivity contribution in [2.24, 2.45) is 4.99 Å². The Morgan fingerprint density at radius 2 is 1.35 bits per heavy atom. The summed E-state index contributed by atoms with van der Waals surface area (Å²) in [4.78, 5) is 17.8. The van der Waals surface area contributed by atoms with Gasteiger partial charge in [-0.15, -0.1) is 0 Å². The van der Waals surface area contributed by atoms with Crippen LogP contribution in [0, 0.1) is 0 Å². The molecule has 0 amide bonds. The largest absolute Gasteiger partial charge is 0.298 e. The Labute approximate surface area is 151 Å². The normalized spacial score (nSPS) is 11.5. The van der Waals surface area contributed by atoms with Gasteiger partial charge in [0.25, 0.3) is 5.56 Å². The summed E-state index contributed by atoms with van der Waals surface area (Å²) in [6.45, 7) is 0. The van der Waals surface area contributed by atoms with E-state index in [1.54, 1.807) is 6.20 Å². The first kappa shape index (κ1) is 15.8. The van der Waals surface area contributed by atoms with Crippen LogP contribution in [0.2, 0.25) is 0 Å². The Morgan fingerprint density at radius 3 is 2.00 bits per heavy atom. The number of benzene rings is 3. The lowest BCUT2D eigenvalue weighted by atomic mass is 10.1. The van der Waals surface area contributed by atoms with E-state index in [0.29, 0.717) is 11.3 Å². The summed E-state index contributed by atoms with van der Waals surface area (Å²) in [6, 6.07) is 28.9. The lowest BCUT2D eigenvalue weighted by Gasteiger charge is -2.05. The van der Waals surface area contributed by atoms with E-state index in [4.69, 9.17) is 4.99 Å². The van der Waals surface area contributed by atoms with Gasteiger partial charge in [-0.25, -0.2) is 9.67 Å². The van der Waals surface area contributed by atoms with E-state index in [1.165, 1.54) is 4.68 Å². The third kappa shape index (κ3) is 3.13. The topological polar surface area (TPSA) is 50.1 Å². The Hall–Kier alpha value is -3.66. The molecule has 0 bridgehead atoms. The molecule has 0 atom stereocenters. The molecule has 1 heterocycles. The van der Waals surface area contributed by atoms with Crippen LogP contribution in [-0.2, 0) is 0 Å². The van der Waals surface area contributed by atoms with E-state index >= 15 is 0 Å². The molecule has 0 spiro atoms. The molecular weight excluding hydrogens is 322 g/mol. The zero-order valence-corrected chi connectivity index (χ0v) is 14.0. The van der Waals surface area contributed by atoms with Crippen molar-refractivity contribution in [3.63, 3.8) is 0 Å². The molecule has 3 aromatic carbocycles. The average Bonchev–Trinajstić information content (AvgIpc) is 3.09. The molecule has 0 aliphatic heterocycles. The Morgan fingerprint density at radius 1 is 0.769 bits per heavy atom. The minimum Gasteiger partial charge on any atom is -0.298 e. The number of aromatic amines is 1. The predicted octanol–water partition coefficient (Wildman–Crippen LogP) is 4.33. The lowest BCUT2D eigenvalue weighted by molar-refractivity contribution is 0.849. The number of aromatic nitrogens is 2. The second kappa shape index (κ2) is 7.07. The minimum atomic E-state index is -0.130. The molecule has 4 heteroatoms. The summed E-state index contributed by atoms with van der Waals surface area (Å²) >= 11 is 0. The van der Waals surface area contributed by atoms with Gasteiger partial charge in [-0.3, -0.25) is 9.89 Å². The number of hydrogen-bond donors (Lipinski definition) is 1. The summed E-state index contributed by atoms with van der Waals surface area (Å²) < 4.78 is 1.53. The zero-order valence-electron chi connectivity index (χ0n) is 14.0. The van der Waals surface area contributed by atoms with Crippen molar-refractivity contribution < 1.29 is 0 Å². The van der Waals surface area contributed by atoms with Gasteiger partial charge in [-0.05, 0) is 24.3 Å². The molecule has 0 saturated carbocycles. The van der Waals surface area contributed by atoms with Crippen LogP contribution < -0.4 is 5.56 Å². The van der Waals surface area contributed by atoms with Crippen molar-refractivity contribution in [3.8, 4) is 5.69 Å². The van der Waals surface area contributed by atoms with Gasteiger partial charge in [0.15, 0.2) is 0 Å². The molecule has 4 nitrogen and oxygen atoms in total. The van der Waals surface area contributed by atoms with Gasteiger partial charge in [0.2, 0.25) is 0 Å². The van der Waals surface area contributed by atoms with Crippen LogP contribution in [-0.4, -0.2) is 15.5 Å². The molecule has 126 valence electrons. The number of hydrogen-bond acceptors (Lipinski definition) is 2. The van der Waals surface area contributed by atoms with Crippen LogP contribution in [0.5, 0.6) is 0 Å². The second-order valence-electron chi connectivity index (χ2n) is 5.83. The van der Waals surface area contributed by atoms with E-state index in [0.717, 1.165) is 16.9 Å². The first-order valence-electron chi connectivity index (χ1n) is 8.38. The van der Waals surface area contributed by atoms with Gasteiger partial charge in [0, 0.05) is 11.8 Å². The van der Waals surface area contributed by atoms with Crippen LogP contribution >= 0.6 is 0 Å². The van der Waals surface area contributed by atoms with Crippen LogP contribution in [0.1, 0.15) is 11.1 Å². The fourth-order valence-corrected chi connectivity index (χ4v) is 2.82. The number of rotatable bonds is 4. The number of H-pyrrole nitrogens is 1. The molecule has 0 radical (unpaired) electrons. The first-order chi connectivity index (χ1) is 12.8. The van der Waals surface area contributed by atoms with Crippen molar-refractivity contribution in [1.82, 2.24) is 9.78 Å². The van der Waals surface area contributed by atoms with Crippen molar-refractivity contribution in [2.45, 2.75) is 0 Å². The van der Waals surface area contributed by atoms with Crippen LogP contribution in [0.15, 0.2) is 107 Å². The standard InChI is InChI=1S/C22H17N3O/c26-22-20(16-23-25(22)19-14-8-3-9-15-19)21(17-10-4-1-5-11-17)24-18-12-6-2-7-13-18/h1-16,23H. The van der Waals surface area contributed by atoms with Crippen LogP contribution in [0.3, 0.4) is 0 Å². The maximum absolute atomic E-state index is 13.0. The number of para-hydroxylation sites is 2. The Kier molecular flexibility index (Phi) is 4.31. The van der Waals surface area contributed by atoms with Crippen molar-refractivity contribution >= 4 is 11.4 Å². The third-order valence-corrected chi connectivity index (χ3v) is 4.09. The molecule has 4 rings (SSSR count). The summed E-state index contributed by atoms with van der Waals surface area (Å²) in [5.74, 6) is 0. The smallest absolute Gasteiger partial charge is 0.280 e. The molecule has 0 unspecified atom stereocenters. The van der Waals surface area contributed by atoms with Crippen molar-refractivity contribution in [1.29, 1.82) is 0 Å². The van der Waals surface area contributed by atoms with Crippen LogP contribution in [0.25, 0.3) is 5.69 Å². The van der Waals surface area contributed by atoms with Gasteiger partial charge in [0.1, 0.15) is 0 Å². The molecule has 4 aromatic rings.